The first-order chi connectivity index (χ1) is 24.4. The number of anilines is 1. The minimum Gasteiger partial charge on any atom is -0.493 e. The Balaban J connectivity index is 1.20. The molecular formula is C38H32F2N6O3S. The van der Waals surface area contributed by atoms with E-state index in [0.717, 1.165) is 51.0 Å². The standard InChI is InChI=1S/C38H32F2N6O3S/c1-19-44-45-37(49-19)30-27(13-9-20-6-3-4-7-24(20)39)42-33-28-8-5-17-46(28)38(47)32(33)31(30)29-18-21-15-16-41-36(35(21)50-29)43-26-14-11-23-22(26)10-12-25(40)34(23)48-2/h3-4,6-7,10,12,15-16,18,26,28H,5,8-9,11,13-14,17H2,1-2H3,(H,41,43)/t26-,28?/m0/s1. The maximum absolute atomic E-state index is 14.8. The summed E-state index contributed by atoms with van der Waals surface area (Å²) in [6, 6.07) is 13.9. The van der Waals surface area contributed by atoms with Crippen LogP contribution in [0.4, 0.5) is 14.6 Å². The normalized spacial score (nSPS) is 17.8. The third kappa shape index (κ3) is 4.87. The maximum Gasteiger partial charge on any atom is 0.257 e. The van der Waals surface area contributed by atoms with Crippen molar-refractivity contribution in [1.29, 1.82) is 0 Å². The van der Waals surface area contributed by atoms with E-state index in [0.29, 0.717) is 71.2 Å². The van der Waals surface area contributed by atoms with E-state index in [1.165, 1.54) is 30.6 Å². The molecule has 2 aromatic carbocycles. The number of carbonyl (C=O) groups is 1. The number of aromatic nitrogens is 4. The first-order valence-electron chi connectivity index (χ1n) is 16.8. The van der Waals surface area contributed by atoms with Gasteiger partial charge in [0.05, 0.1) is 46.4 Å². The largest absolute Gasteiger partial charge is 0.493 e. The molecule has 9 nitrogen and oxygen atoms in total. The van der Waals surface area contributed by atoms with Crippen LogP contribution in [0.2, 0.25) is 0 Å². The number of rotatable bonds is 8. The van der Waals surface area contributed by atoms with Crippen LogP contribution in [0.15, 0.2) is 59.1 Å². The number of nitrogens with one attached hydrogen (secondary N) is 1. The van der Waals surface area contributed by atoms with Crippen molar-refractivity contribution in [3.63, 3.8) is 0 Å². The van der Waals surface area contributed by atoms with Crippen LogP contribution >= 0.6 is 11.3 Å². The topological polar surface area (TPSA) is 106 Å². The van der Waals surface area contributed by atoms with Crippen LogP contribution in [0.3, 0.4) is 0 Å². The van der Waals surface area contributed by atoms with Crippen LogP contribution in [0.5, 0.6) is 5.75 Å². The van der Waals surface area contributed by atoms with Crippen LogP contribution in [-0.4, -0.2) is 44.6 Å². The molecular weight excluding hydrogens is 659 g/mol. The summed E-state index contributed by atoms with van der Waals surface area (Å²) < 4.78 is 41.7. The van der Waals surface area contributed by atoms with Crippen LogP contribution in [0.1, 0.15) is 75.7 Å². The number of fused-ring (bicyclic) bond motifs is 5. The number of pyridine rings is 2. The predicted molar refractivity (Wildman–Crippen MR) is 185 cm³/mol. The second-order valence-corrected chi connectivity index (χ2v) is 14.1. The van der Waals surface area contributed by atoms with Gasteiger partial charge in [0.25, 0.3) is 5.91 Å². The van der Waals surface area contributed by atoms with E-state index in [-0.39, 0.29) is 35.5 Å². The second-order valence-electron chi connectivity index (χ2n) is 13.0. The van der Waals surface area contributed by atoms with Gasteiger partial charge in [0.2, 0.25) is 11.8 Å². The first-order valence-corrected chi connectivity index (χ1v) is 17.6. The molecule has 9 rings (SSSR count). The summed E-state index contributed by atoms with van der Waals surface area (Å²) in [7, 11) is 1.49. The quantitative estimate of drug-likeness (QED) is 0.171. The highest BCUT2D eigenvalue weighted by atomic mass is 32.1. The van der Waals surface area contributed by atoms with E-state index in [1.54, 1.807) is 25.3 Å². The number of thiophene rings is 1. The molecule has 2 atom stereocenters. The van der Waals surface area contributed by atoms with Crippen molar-refractivity contribution in [2.45, 2.75) is 57.5 Å². The Morgan fingerprint density at radius 3 is 2.74 bits per heavy atom. The smallest absolute Gasteiger partial charge is 0.257 e. The number of carbonyl (C=O) groups excluding carboxylic acids is 1. The lowest BCUT2D eigenvalue weighted by Crippen LogP contribution is -2.22. The highest BCUT2D eigenvalue weighted by molar-refractivity contribution is 7.23. The molecule has 50 heavy (non-hydrogen) atoms. The summed E-state index contributed by atoms with van der Waals surface area (Å²) >= 11 is 1.53. The Hall–Kier alpha value is -5.23. The summed E-state index contributed by atoms with van der Waals surface area (Å²) in [6.45, 7) is 2.40. The van der Waals surface area contributed by atoms with E-state index in [9.17, 15) is 13.6 Å². The zero-order valence-electron chi connectivity index (χ0n) is 27.4. The third-order valence-electron chi connectivity index (χ3n) is 10.2. The molecule has 4 aromatic heterocycles. The molecule has 0 radical (unpaired) electrons. The molecule has 1 saturated heterocycles. The van der Waals surface area contributed by atoms with Crippen molar-refractivity contribution in [2.24, 2.45) is 0 Å². The molecule has 3 aliphatic rings. The molecule has 0 saturated carbocycles. The van der Waals surface area contributed by atoms with E-state index in [1.807, 2.05) is 23.1 Å². The van der Waals surface area contributed by atoms with Crippen molar-refractivity contribution >= 4 is 33.1 Å². The summed E-state index contributed by atoms with van der Waals surface area (Å²) in [4.78, 5) is 26.9. The van der Waals surface area contributed by atoms with Crippen molar-refractivity contribution in [2.75, 3.05) is 19.0 Å². The summed E-state index contributed by atoms with van der Waals surface area (Å²) in [6.07, 6.45) is 5.77. The fraction of sp³-hybridized carbons (Fsp3) is 0.289. The van der Waals surface area contributed by atoms with Gasteiger partial charge in [-0.05, 0) is 79.3 Å². The van der Waals surface area contributed by atoms with Gasteiger partial charge < -0.3 is 19.4 Å². The minimum atomic E-state index is -0.365. The molecule has 6 aromatic rings. The number of hydrogen-bond donors (Lipinski definition) is 1. The molecule has 2 aliphatic heterocycles. The highest BCUT2D eigenvalue weighted by Gasteiger charge is 2.45. The van der Waals surface area contributed by atoms with E-state index >= 15 is 0 Å². The number of methoxy groups -OCH3 is 1. The Morgan fingerprint density at radius 1 is 1.04 bits per heavy atom. The minimum absolute atomic E-state index is 0.0548. The van der Waals surface area contributed by atoms with E-state index in [2.05, 4.69) is 21.6 Å². The Morgan fingerprint density at radius 2 is 1.92 bits per heavy atom. The molecule has 1 fully saturated rings. The average molecular weight is 691 g/mol. The van der Waals surface area contributed by atoms with Gasteiger partial charge in [-0.1, -0.05) is 24.3 Å². The third-order valence-corrected chi connectivity index (χ3v) is 11.3. The van der Waals surface area contributed by atoms with Crippen LogP contribution in [0, 0.1) is 18.6 Å². The summed E-state index contributed by atoms with van der Waals surface area (Å²) in [5, 5.41) is 13.2. The number of aryl methyl sites for hydroxylation is 3. The second kappa shape index (κ2) is 12.0. The van der Waals surface area contributed by atoms with E-state index in [4.69, 9.17) is 19.1 Å². The number of ether oxygens (including phenoxy) is 1. The zero-order valence-corrected chi connectivity index (χ0v) is 28.2. The molecule has 0 bridgehead atoms. The van der Waals surface area contributed by atoms with Crippen LogP contribution < -0.4 is 10.1 Å². The lowest BCUT2D eigenvalue weighted by molar-refractivity contribution is 0.0776. The highest BCUT2D eigenvalue weighted by Crippen LogP contribution is 2.51. The molecule has 1 unspecified atom stereocenters. The molecule has 252 valence electrons. The molecule has 1 N–H and O–H groups in total. The van der Waals surface area contributed by atoms with Crippen LogP contribution in [0.25, 0.3) is 32.0 Å². The van der Waals surface area contributed by atoms with Crippen LogP contribution in [-0.2, 0) is 19.3 Å². The van der Waals surface area contributed by atoms with Gasteiger partial charge in [-0.25, -0.2) is 13.8 Å². The number of halogens is 2. The average Bonchev–Trinajstić information content (AvgIpc) is 3.95. The van der Waals surface area contributed by atoms with Crippen molar-refractivity contribution in [1.82, 2.24) is 25.1 Å². The van der Waals surface area contributed by atoms with Gasteiger partial charge in [-0.3, -0.25) is 9.78 Å². The van der Waals surface area contributed by atoms with Gasteiger partial charge >= 0.3 is 0 Å². The van der Waals surface area contributed by atoms with Crippen molar-refractivity contribution in [3.05, 3.63) is 106 Å². The van der Waals surface area contributed by atoms with Crippen molar-refractivity contribution < 1.29 is 22.7 Å². The van der Waals surface area contributed by atoms with Gasteiger partial charge in [0.15, 0.2) is 11.6 Å². The van der Waals surface area contributed by atoms with E-state index < -0.39 is 0 Å². The summed E-state index contributed by atoms with van der Waals surface area (Å²) in [5.41, 5.74) is 5.75. The molecule has 1 aliphatic carbocycles. The monoisotopic (exact) mass is 690 g/mol. The number of nitrogens with zero attached hydrogens (tertiary/aromatic N) is 5. The predicted octanol–water partition coefficient (Wildman–Crippen LogP) is 8.18. The molecule has 6 heterocycles. The first kappa shape index (κ1) is 30.8. The van der Waals surface area contributed by atoms with Crippen molar-refractivity contribution in [3.8, 4) is 27.6 Å². The van der Waals surface area contributed by atoms with Gasteiger partial charge in [-0.2, -0.15) is 0 Å². The Bertz CT molecular complexity index is 2340. The maximum atomic E-state index is 14.8. The number of benzene rings is 2. The van der Waals surface area contributed by atoms with Gasteiger partial charge in [0.1, 0.15) is 11.6 Å². The fourth-order valence-electron chi connectivity index (χ4n) is 7.93. The zero-order chi connectivity index (χ0) is 34.1. The SMILES string of the molecule is COc1c(F)ccc2c1CC[C@@H]2Nc1nccc2cc(-c3c4c(nc(CCc5ccccc5F)c3-c3nnc(C)o3)C3CCCN3C4=O)sc12. The number of hydrogen-bond acceptors (Lipinski definition) is 9. The Labute approximate surface area is 290 Å². The Kier molecular flexibility index (Phi) is 7.38. The van der Waals surface area contributed by atoms with Gasteiger partial charge in [0, 0.05) is 35.7 Å². The number of amides is 1. The molecule has 12 heteroatoms. The summed E-state index contributed by atoms with van der Waals surface area (Å²) in [5.74, 6) is 0.964. The molecule has 1 amide bonds. The lowest BCUT2D eigenvalue weighted by Gasteiger charge is -2.16. The lowest BCUT2D eigenvalue weighted by atomic mass is 9.93. The fourth-order valence-corrected chi connectivity index (χ4v) is 9.09. The molecule has 0 spiro atoms. The van der Waals surface area contributed by atoms with Gasteiger partial charge in [-0.15, -0.1) is 21.5 Å².